The molecule has 5 heteroatoms. The van der Waals surface area contributed by atoms with Gasteiger partial charge in [0.25, 0.3) is 0 Å². The second kappa shape index (κ2) is 5.27. The van der Waals surface area contributed by atoms with Crippen LogP contribution in [0.5, 0.6) is 11.5 Å². The minimum absolute atomic E-state index is 0.579. The first-order valence-electron chi connectivity index (χ1n) is 5.43. The van der Waals surface area contributed by atoms with Crippen molar-refractivity contribution in [3.05, 3.63) is 36.7 Å². The molecule has 0 fully saturated rings. The molecule has 0 atom stereocenters. The van der Waals surface area contributed by atoms with E-state index in [1.165, 1.54) is 0 Å². The lowest BCUT2D eigenvalue weighted by Crippen LogP contribution is -1.99. The van der Waals surface area contributed by atoms with Crippen LogP contribution >= 0.6 is 0 Å². The van der Waals surface area contributed by atoms with E-state index in [0.717, 1.165) is 17.1 Å². The Bertz CT molecular complexity index is 544. The highest BCUT2D eigenvalue weighted by molar-refractivity contribution is 5.74. The van der Waals surface area contributed by atoms with Gasteiger partial charge in [-0.3, -0.25) is 4.98 Å². The summed E-state index contributed by atoms with van der Waals surface area (Å²) in [6, 6.07) is 7.33. The number of ether oxygens (including phenoxy) is 2. The van der Waals surface area contributed by atoms with Crippen LogP contribution in [0.1, 0.15) is 0 Å². The van der Waals surface area contributed by atoms with E-state index in [2.05, 4.69) is 10.3 Å². The highest BCUT2D eigenvalue weighted by Gasteiger charge is 2.06. The van der Waals surface area contributed by atoms with E-state index in [1.54, 1.807) is 38.7 Å². The molecular formula is C13H15N3O2. The molecule has 3 N–H and O–H groups in total. The van der Waals surface area contributed by atoms with Gasteiger partial charge in [-0.1, -0.05) is 0 Å². The smallest absolute Gasteiger partial charge is 0.145 e. The summed E-state index contributed by atoms with van der Waals surface area (Å²) < 4.78 is 10.4. The molecule has 5 nitrogen and oxygen atoms in total. The van der Waals surface area contributed by atoms with Gasteiger partial charge in [0.15, 0.2) is 0 Å². The molecule has 1 aromatic carbocycles. The van der Waals surface area contributed by atoms with Crippen molar-refractivity contribution < 1.29 is 9.47 Å². The first-order valence-corrected chi connectivity index (χ1v) is 5.43. The van der Waals surface area contributed by atoms with Crippen molar-refractivity contribution in [1.82, 2.24) is 4.98 Å². The molecule has 0 aliphatic rings. The number of nitrogens with zero attached hydrogens (tertiary/aromatic N) is 1. The number of anilines is 3. The lowest BCUT2D eigenvalue weighted by molar-refractivity contribution is 0.395. The third kappa shape index (κ3) is 2.45. The maximum absolute atomic E-state index is 5.83. The normalized spacial score (nSPS) is 9.89. The van der Waals surface area contributed by atoms with Crippen LogP contribution in [0.3, 0.4) is 0 Å². The third-order valence-electron chi connectivity index (χ3n) is 2.53. The number of nitrogens with two attached hydrogens (primary N) is 1. The van der Waals surface area contributed by atoms with Gasteiger partial charge in [0.2, 0.25) is 0 Å². The number of hydrogen-bond donors (Lipinski definition) is 2. The number of rotatable bonds is 4. The second-order valence-electron chi connectivity index (χ2n) is 3.65. The van der Waals surface area contributed by atoms with E-state index in [9.17, 15) is 0 Å². The second-order valence-corrected chi connectivity index (χ2v) is 3.65. The number of aromatic nitrogens is 1. The Morgan fingerprint density at radius 1 is 1.11 bits per heavy atom. The minimum Gasteiger partial charge on any atom is -0.497 e. The van der Waals surface area contributed by atoms with Gasteiger partial charge in [0.05, 0.1) is 37.5 Å². The predicted octanol–water partition coefficient (Wildman–Crippen LogP) is 2.42. The Hall–Kier alpha value is -2.43. The van der Waals surface area contributed by atoms with Crippen molar-refractivity contribution in [2.24, 2.45) is 0 Å². The van der Waals surface area contributed by atoms with Gasteiger partial charge in [-0.05, 0) is 18.2 Å². The van der Waals surface area contributed by atoms with Crippen LogP contribution < -0.4 is 20.5 Å². The SMILES string of the molecule is COc1ccc(Nc2ccncc2N)c(OC)c1. The zero-order valence-corrected chi connectivity index (χ0v) is 10.3. The molecule has 0 unspecified atom stereocenters. The van der Waals surface area contributed by atoms with Crippen molar-refractivity contribution in [3.8, 4) is 11.5 Å². The maximum atomic E-state index is 5.83. The third-order valence-corrected chi connectivity index (χ3v) is 2.53. The van der Waals surface area contributed by atoms with E-state index in [4.69, 9.17) is 15.2 Å². The molecule has 18 heavy (non-hydrogen) atoms. The number of pyridine rings is 1. The number of nitrogens with one attached hydrogen (secondary N) is 1. The van der Waals surface area contributed by atoms with E-state index in [-0.39, 0.29) is 0 Å². The fourth-order valence-electron chi connectivity index (χ4n) is 1.57. The molecule has 0 radical (unpaired) electrons. The number of benzene rings is 1. The molecule has 1 heterocycles. The maximum Gasteiger partial charge on any atom is 0.145 e. The van der Waals surface area contributed by atoms with Crippen LogP contribution in [0.2, 0.25) is 0 Å². The predicted molar refractivity (Wildman–Crippen MR) is 71.5 cm³/mol. The number of nitrogen functional groups attached to an aromatic ring is 1. The Morgan fingerprint density at radius 3 is 2.61 bits per heavy atom. The summed E-state index contributed by atoms with van der Waals surface area (Å²) in [7, 11) is 3.22. The van der Waals surface area contributed by atoms with Crippen molar-refractivity contribution in [3.63, 3.8) is 0 Å². The van der Waals surface area contributed by atoms with Gasteiger partial charge < -0.3 is 20.5 Å². The quantitative estimate of drug-likeness (QED) is 0.865. The molecule has 0 amide bonds. The van der Waals surface area contributed by atoms with Crippen LogP contribution in [0.4, 0.5) is 17.1 Å². The Balaban J connectivity index is 2.32. The Labute approximate surface area is 106 Å². The molecule has 2 aromatic rings. The average molecular weight is 245 g/mol. The van der Waals surface area contributed by atoms with Crippen molar-refractivity contribution in [1.29, 1.82) is 0 Å². The summed E-state index contributed by atoms with van der Waals surface area (Å²) in [5.41, 5.74) is 8.01. The van der Waals surface area contributed by atoms with E-state index in [1.807, 2.05) is 12.1 Å². The van der Waals surface area contributed by atoms with Gasteiger partial charge in [-0.2, -0.15) is 0 Å². The molecule has 2 rings (SSSR count). The molecule has 0 saturated carbocycles. The summed E-state index contributed by atoms with van der Waals surface area (Å²) in [6.45, 7) is 0. The summed E-state index contributed by atoms with van der Waals surface area (Å²) in [5.74, 6) is 1.42. The first-order chi connectivity index (χ1) is 8.74. The number of methoxy groups -OCH3 is 2. The van der Waals surface area contributed by atoms with Gasteiger partial charge in [0, 0.05) is 12.3 Å². The van der Waals surface area contributed by atoms with Gasteiger partial charge in [-0.15, -0.1) is 0 Å². The van der Waals surface area contributed by atoms with Crippen LogP contribution in [-0.4, -0.2) is 19.2 Å². The lowest BCUT2D eigenvalue weighted by Gasteiger charge is -2.13. The van der Waals surface area contributed by atoms with Crippen LogP contribution in [0.25, 0.3) is 0 Å². The van der Waals surface area contributed by atoms with Gasteiger partial charge in [-0.25, -0.2) is 0 Å². The molecule has 1 aromatic heterocycles. The van der Waals surface area contributed by atoms with Crippen molar-refractivity contribution in [2.75, 3.05) is 25.3 Å². The van der Waals surface area contributed by atoms with Gasteiger partial charge in [0.1, 0.15) is 11.5 Å². The van der Waals surface area contributed by atoms with E-state index < -0.39 is 0 Å². The molecule has 0 aliphatic carbocycles. The Morgan fingerprint density at radius 2 is 1.94 bits per heavy atom. The highest BCUT2D eigenvalue weighted by atomic mass is 16.5. The Kier molecular flexibility index (Phi) is 3.52. The average Bonchev–Trinajstić information content (AvgIpc) is 2.41. The van der Waals surface area contributed by atoms with Crippen molar-refractivity contribution in [2.45, 2.75) is 0 Å². The van der Waals surface area contributed by atoms with Crippen LogP contribution in [0, 0.1) is 0 Å². The monoisotopic (exact) mass is 245 g/mol. The van der Waals surface area contributed by atoms with Gasteiger partial charge >= 0.3 is 0 Å². The molecule has 0 aliphatic heterocycles. The highest BCUT2D eigenvalue weighted by Crippen LogP contribution is 2.32. The molecular weight excluding hydrogens is 230 g/mol. The summed E-state index contributed by atoms with van der Waals surface area (Å²) in [6.07, 6.45) is 3.27. The largest absolute Gasteiger partial charge is 0.497 e. The molecule has 0 bridgehead atoms. The molecule has 0 saturated heterocycles. The standard InChI is InChI=1S/C13H15N3O2/c1-17-9-3-4-12(13(7-9)18-2)16-11-5-6-15-8-10(11)14/h3-8H,14H2,1-2H3,(H,15,16). The minimum atomic E-state index is 0.579. The van der Waals surface area contributed by atoms with Crippen LogP contribution in [0.15, 0.2) is 36.7 Å². The zero-order chi connectivity index (χ0) is 13.0. The van der Waals surface area contributed by atoms with Crippen LogP contribution in [-0.2, 0) is 0 Å². The number of hydrogen-bond acceptors (Lipinski definition) is 5. The van der Waals surface area contributed by atoms with E-state index in [0.29, 0.717) is 11.4 Å². The van der Waals surface area contributed by atoms with E-state index >= 15 is 0 Å². The first kappa shape index (κ1) is 12.0. The lowest BCUT2D eigenvalue weighted by atomic mass is 10.2. The fraction of sp³-hybridized carbons (Fsp3) is 0.154. The zero-order valence-electron chi connectivity index (χ0n) is 10.3. The molecule has 94 valence electrons. The molecule has 0 spiro atoms. The summed E-state index contributed by atoms with van der Waals surface area (Å²) in [5, 5.41) is 3.20. The summed E-state index contributed by atoms with van der Waals surface area (Å²) in [4.78, 5) is 3.94. The summed E-state index contributed by atoms with van der Waals surface area (Å²) >= 11 is 0. The fourth-order valence-corrected chi connectivity index (χ4v) is 1.57. The van der Waals surface area contributed by atoms with Crippen molar-refractivity contribution >= 4 is 17.1 Å². The topological polar surface area (TPSA) is 69.4 Å².